The lowest BCUT2D eigenvalue weighted by Crippen LogP contribution is -2.43. The van der Waals surface area contributed by atoms with Gasteiger partial charge in [0.1, 0.15) is 0 Å². The van der Waals surface area contributed by atoms with Crippen LogP contribution in [0.2, 0.25) is 0 Å². The van der Waals surface area contributed by atoms with E-state index in [1.54, 1.807) is 0 Å². The third-order valence-electron chi connectivity index (χ3n) is 4.73. The standard InChI is InChI=1S/C19H24F3N3OS/c1-18(2,3)16(26)23-10-12-5-4-8-25(11-12)17-24-14-9-13(19(20,21)22)6-7-15(14)27-17/h6-7,9,12H,4-5,8,10-11H2,1-3H3,(H,23,26). The number of carbonyl (C=O) groups is 1. The molecular formula is C19H24F3N3OS. The van der Waals surface area contributed by atoms with E-state index in [0.29, 0.717) is 18.0 Å². The molecular weight excluding hydrogens is 375 g/mol. The van der Waals surface area contributed by atoms with Crippen molar-refractivity contribution >= 4 is 32.6 Å². The second-order valence-corrected chi connectivity index (χ2v) is 9.10. The van der Waals surface area contributed by atoms with Crippen LogP contribution in [-0.2, 0) is 11.0 Å². The maximum absolute atomic E-state index is 12.9. The lowest BCUT2D eigenvalue weighted by Gasteiger charge is -2.33. The van der Waals surface area contributed by atoms with Crippen LogP contribution in [-0.4, -0.2) is 30.5 Å². The van der Waals surface area contributed by atoms with Crippen LogP contribution < -0.4 is 10.2 Å². The minimum absolute atomic E-state index is 0.0271. The van der Waals surface area contributed by atoms with Crippen LogP contribution in [0.3, 0.4) is 0 Å². The number of thiazole rings is 1. The Morgan fingerprint density at radius 2 is 2.07 bits per heavy atom. The summed E-state index contributed by atoms with van der Waals surface area (Å²) in [5.74, 6) is 0.335. The van der Waals surface area contributed by atoms with Crippen molar-refractivity contribution in [2.75, 3.05) is 24.5 Å². The van der Waals surface area contributed by atoms with Gasteiger partial charge >= 0.3 is 6.18 Å². The van der Waals surface area contributed by atoms with E-state index in [-0.39, 0.29) is 5.91 Å². The summed E-state index contributed by atoms with van der Waals surface area (Å²) < 4.78 is 39.4. The van der Waals surface area contributed by atoms with E-state index in [2.05, 4.69) is 15.2 Å². The number of carbonyl (C=O) groups excluding carboxylic acids is 1. The molecule has 1 aliphatic rings. The maximum Gasteiger partial charge on any atom is 0.416 e. The quantitative estimate of drug-likeness (QED) is 0.814. The van der Waals surface area contributed by atoms with Gasteiger partial charge in [-0.15, -0.1) is 0 Å². The molecule has 3 rings (SSSR count). The fourth-order valence-electron chi connectivity index (χ4n) is 3.13. The van der Waals surface area contributed by atoms with E-state index in [4.69, 9.17) is 0 Å². The van der Waals surface area contributed by atoms with Gasteiger partial charge in [-0.3, -0.25) is 4.79 Å². The monoisotopic (exact) mass is 399 g/mol. The Hall–Kier alpha value is -1.83. The van der Waals surface area contributed by atoms with Crippen LogP contribution in [0.5, 0.6) is 0 Å². The van der Waals surface area contributed by atoms with Crippen molar-refractivity contribution in [3.8, 4) is 0 Å². The Morgan fingerprint density at radius 1 is 1.33 bits per heavy atom. The van der Waals surface area contributed by atoms with Crippen molar-refractivity contribution in [1.29, 1.82) is 0 Å². The molecule has 0 bridgehead atoms. The molecule has 1 unspecified atom stereocenters. The highest BCUT2D eigenvalue weighted by molar-refractivity contribution is 7.22. The predicted octanol–water partition coefficient (Wildman–Crippen LogP) is 4.69. The van der Waals surface area contributed by atoms with Crippen molar-refractivity contribution in [2.24, 2.45) is 11.3 Å². The summed E-state index contributed by atoms with van der Waals surface area (Å²) in [6.07, 6.45) is -2.37. The Morgan fingerprint density at radius 3 is 2.74 bits per heavy atom. The first-order valence-corrected chi connectivity index (χ1v) is 9.87. The van der Waals surface area contributed by atoms with Gasteiger partial charge in [-0.05, 0) is 37.0 Å². The zero-order valence-corrected chi connectivity index (χ0v) is 16.5. The van der Waals surface area contributed by atoms with Crippen LogP contribution in [0, 0.1) is 11.3 Å². The number of aromatic nitrogens is 1. The normalized spacial score (nSPS) is 18.7. The third kappa shape index (κ3) is 4.72. The second-order valence-electron chi connectivity index (χ2n) is 8.09. The first-order chi connectivity index (χ1) is 12.5. The lowest BCUT2D eigenvalue weighted by atomic mass is 9.94. The summed E-state index contributed by atoms with van der Waals surface area (Å²) in [4.78, 5) is 18.6. The number of nitrogens with zero attached hydrogens (tertiary/aromatic N) is 2. The smallest absolute Gasteiger partial charge is 0.355 e. The molecule has 148 valence electrons. The van der Waals surface area contributed by atoms with Crippen molar-refractivity contribution in [1.82, 2.24) is 10.3 Å². The molecule has 2 heterocycles. The molecule has 27 heavy (non-hydrogen) atoms. The number of hydrogen-bond acceptors (Lipinski definition) is 4. The average molecular weight is 399 g/mol. The molecule has 8 heteroatoms. The topological polar surface area (TPSA) is 45.2 Å². The number of rotatable bonds is 3. The fraction of sp³-hybridized carbons (Fsp3) is 0.579. The summed E-state index contributed by atoms with van der Waals surface area (Å²) in [6.45, 7) is 7.82. The lowest BCUT2D eigenvalue weighted by molar-refractivity contribution is -0.137. The number of hydrogen-bond donors (Lipinski definition) is 1. The molecule has 0 spiro atoms. The van der Waals surface area contributed by atoms with Gasteiger partial charge in [0, 0.05) is 25.0 Å². The minimum Gasteiger partial charge on any atom is -0.355 e. The van der Waals surface area contributed by atoms with Crippen molar-refractivity contribution < 1.29 is 18.0 Å². The van der Waals surface area contributed by atoms with Crippen LogP contribution >= 0.6 is 11.3 Å². The highest BCUT2D eigenvalue weighted by Gasteiger charge is 2.31. The Kier molecular flexibility index (Phi) is 5.38. The van der Waals surface area contributed by atoms with Crippen molar-refractivity contribution in [3.63, 3.8) is 0 Å². The maximum atomic E-state index is 12.9. The van der Waals surface area contributed by atoms with Gasteiger partial charge in [-0.25, -0.2) is 4.98 Å². The number of amides is 1. The van der Waals surface area contributed by atoms with Crippen LogP contribution in [0.25, 0.3) is 10.2 Å². The van der Waals surface area contributed by atoms with Gasteiger partial charge in [0.25, 0.3) is 0 Å². The largest absolute Gasteiger partial charge is 0.416 e. The third-order valence-corrected chi connectivity index (χ3v) is 5.82. The summed E-state index contributed by atoms with van der Waals surface area (Å²) in [6, 6.07) is 3.70. The Labute approximate surface area is 160 Å². The summed E-state index contributed by atoms with van der Waals surface area (Å²) in [5.41, 5.74) is -0.710. The molecule has 1 fully saturated rings. The minimum atomic E-state index is -4.36. The highest BCUT2D eigenvalue weighted by atomic mass is 32.1. The number of fused-ring (bicyclic) bond motifs is 1. The summed E-state index contributed by atoms with van der Waals surface area (Å²) in [5, 5.41) is 3.75. The van der Waals surface area contributed by atoms with Gasteiger partial charge in [0.2, 0.25) is 5.91 Å². The number of halogens is 3. The molecule has 1 aromatic carbocycles. The van der Waals surface area contributed by atoms with Gasteiger partial charge in [-0.2, -0.15) is 13.2 Å². The van der Waals surface area contributed by atoms with Gasteiger partial charge in [0.15, 0.2) is 5.13 Å². The van der Waals surface area contributed by atoms with E-state index in [1.165, 1.54) is 17.4 Å². The zero-order chi connectivity index (χ0) is 19.8. The van der Waals surface area contributed by atoms with Gasteiger partial charge < -0.3 is 10.2 Å². The molecule has 2 aromatic rings. The summed E-state index contributed by atoms with van der Waals surface area (Å²) in [7, 11) is 0. The van der Waals surface area contributed by atoms with Crippen molar-refractivity contribution in [2.45, 2.75) is 39.8 Å². The molecule has 0 saturated carbocycles. The van der Waals surface area contributed by atoms with E-state index in [0.717, 1.165) is 47.9 Å². The molecule has 0 aliphatic carbocycles. The van der Waals surface area contributed by atoms with Crippen LogP contribution in [0.15, 0.2) is 18.2 Å². The molecule has 4 nitrogen and oxygen atoms in total. The van der Waals surface area contributed by atoms with E-state index < -0.39 is 17.2 Å². The predicted molar refractivity (Wildman–Crippen MR) is 102 cm³/mol. The number of benzene rings is 1. The highest BCUT2D eigenvalue weighted by Crippen LogP contribution is 2.36. The molecule has 1 atom stereocenters. The number of nitrogens with one attached hydrogen (secondary N) is 1. The molecule has 0 radical (unpaired) electrons. The zero-order valence-electron chi connectivity index (χ0n) is 15.7. The van der Waals surface area contributed by atoms with Crippen LogP contribution in [0.1, 0.15) is 39.2 Å². The first kappa shape index (κ1) is 19.9. The fourth-order valence-corrected chi connectivity index (χ4v) is 4.12. The number of piperidine rings is 1. The average Bonchev–Trinajstić information content (AvgIpc) is 3.01. The SMILES string of the molecule is CC(C)(C)C(=O)NCC1CCCN(c2nc3cc(C(F)(F)F)ccc3s2)C1. The molecule has 1 aliphatic heterocycles. The molecule has 1 aromatic heterocycles. The van der Waals surface area contributed by atoms with Crippen molar-refractivity contribution in [3.05, 3.63) is 23.8 Å². The van der Waals surface area contributed by atoms with Crippen LogP contribution in [0.4, 0.5) is 18.3 Å². The summed E-state index contributed by atoms with van der Waals surface area (Å²) >= 11 is 1.41. The number of alkyl halides is 3. The Balaban J connectivity index is 1.69. The van der Waals surface area contributed by atoms with Gasteiger partial charge in [0.05, 0.1) is 15.8 Å². The van der Waals surface area contributed by atoms with E-state index >= 15 is 0 Å². The number of anilines is 1. The van der Waals surface area contributed by atoms with E-state index in [9.17, 15) is 18.0 Å². The molecule has 1 N–H and O–H groups in total. The second kappa shape index (κ2) is 7.30. The Bertz CT molecular complexity index is 826. The molecule has 1 amide bonds. The van der Waals surface area contributed by atoms with E-state index in [1.807, 2.05) is 20.8 Å². The first-order valence-electron chi connectivity index (χ1n) is 9.05. The molecule has 1 saturated heterocycles. The van der Waals surface area contributed by atoms with Gasteiger partial charge in [-0.1, -0.05) is 32.1 Å².